The molecule has 2 N–H and O–H groups in total. The Morgan fingerprint density at radius 1 is 0.960 bits per heavy atom. The van der Waals surface area contributed by atoms with E-state index in [9.17, 15) is 9.59 Å². The van der Waals surface area contributed by atoms with Gasteiger partial charge in [0.15, 0.2) is 11.9 Å². The molecule has 1 aromatic heterocycles. The van der Waals surface area contributed by atoms with E-state index < -0.39 is 12.1 Å². The number of benzene rings is 2. The minimum Gasteiger partial charge on any atom is -0.459 e. The number of hydrogen-bond acceptors (Lipinski definition) is 4. The van der Waals surface area contributed by atoms with E-state index in [1.54, 1.807) is 54.6 Å². The second-order valence-corrected chi connectivity index (χ2v) is 5.71. The highest BCUT2D eigenvalue weighted by Gasteiger charge is 2.23. The molecule has 3 aromatic rings. The van der Waals surface area contributed by atoms with E-state index in [0.29, 0.717) is 16.3 Å². The predicted molar refractivity (Wildman–Crippen MR) is 95.8 cm³/mol. The van der Waals surface area contributed by atoms with E-state index in [1.807, 2.05) is 6.07 Å². The standard InChI is InChI=1S/C19H15ClN2O3/c20-14-8-4-9-15(12-14)21-18(17(23)13-6-2-1-3-7-13)22-19(24)16-10-5-11-25-16/h1-12,18,21H,(H,22,24)/t18-/m0/s1. The van der Waals surface area contributed by atoms with Crippen molar-refractivity contribution in [1.29, 1.82) is 0 Å². The van der Waals surface area contributed by atoms with Crippen LogP contribution < -0.4 is 10.6 Å². The molecule has 0 unspecified atom stereocenters. The molecule has 126 valence electrons. The molecule has 0 saturated heterocycles. The molecule has 1 heterocycles. The first kappa shape index (κ1) is 16.8. The Morgan fingerprint density at radius 2 is 1.76 bits per heavy atom. The zero-order valence-corrected chi connectivity index (χ0v) is 13.9. The molecule has 25 heavy (non-hydrogen) atoms. The summed E-state index contributed by atoms with van der Waals surface area (Å²) >= 11 is 5.98. The van der Waals surface area contributed by atoms with Crippen LogP contribution in [0.15, 0.2) is 77.4 Å². The van der Waals surface area contributed by atoms with Crippen molar-refractivity contribution in [2.24, 2.45) is 0 Å². The fourth-order valence-electron chi connectivity index (χ4n) is 2.29. The molecule has 0 aliphatic rings. The number of hydrogen-bond donors (Lipinski definition) is 2. The van der Waals surface area contributed by atoms with Crippen molar-refractivity contribution in [3.05, 3.63) is 89.3 Å². The summed E-state index contributed by atoms with van der Waals surface area (Å²) in [6, 6.07) is 18.8. The van der Waals surface area contributed by atoms with Gasteiger partial charge in [0.1, 0.15) is 0 Å². The van der Waals surface area contributed by atoms with Gasteiger partial charge < -0.3 is 15.1 Å². The number of Topliss-reactive ketones (excluding diaryl/α,β-unsaturated/α-hetero) is 1. The summed E-state index contributed by atoms with van der Waals surface area (Å²) in [6.07, 6.45) is 0.423. The Labute approximate surface area is 149 Å². The molecular weight excluding hydrogens is 340 g/mol. The van der Waals surface area contributed by atoms with Crippen LogP contribution in [0.5, 0.6) is 0 Å². The third-order valence-electron chi connectivity index (χ3n) is 3.48. The molecule has 0 bridgehead atoms. The topological polar surface area (TPSA) is 71.3 Å². The lowest BCUT2D eigenvalue weighted by Gasteiger charge is -2.20. The predicted octanol–water partition coefficient (Wildman–Crippen LogP) is 3.98. The van der Waals surface area contributed by atoms with E-state index in [2.05, 4.69) is 10.6 Å². The van der Waals surface area contributed by atoms with Crippen LogP contribution in [-0.2, 0) is 0 Å². The van der Waals surface area contributed by atoms with Gasteiger partial charge in [-0.15, -0.1) is 0 Å². The fraction of sp³-hybridized carbons (Fsp3) is 0.0526. The maximum absolute atomic E-state index is 12.8. The van der Waals surface area contributed by atoms with Crippen molar-refractivity contribution in [1.82, 2.24) is 5.32 Å². The second kappa shape index (κ2) is 7.68. The van der Waals surface area contributed by atoms with Gasteiger partial charge >= 0.3 is 0 Å². The van der Waals surface area contributed by atoms with Crippen molar-refractivity contribution in [2.45, 2.75) is 6.17 Å². The van der Waals surface area contributed by atoms with Gasteiger partial charge in [-0.05, 0) is 30.3 Å². The van der Waals surface area contributed by atoms with Crippen LogP contribution in [0.25, 0.3) is 0 Å². The van der Waals surface area contributed by atoms with Crippen LogP contribution in [0.1, 0.15) is 20.9 Å². The lowest BCUT2D eigenvalue weighted by atomic mass is 10.1. The number of halogens is 1. The van der Waals surface area contributed by atoms with Gasteiger partial charge in [-0.1, -0.05) is 48.0 Å². The van der Waals surface area contributed by atoms with E-state index >= 15 is 0 Å². The molecule has 0 saturated carbocycles. The van der Waals surface area contributed by atoms with Gasteiger partial charge in [0, 0.05) is 16.3 Å². The molecule has 3 rings (SSSR count). The number of nitrogens with one attached hydrogen (secondary N) is 2. The molecule has 0 fully saturated rings. The lowest BCUT2D eigenvalue weighted by Crippen LogP contribution is -2.46. The quantitative estimate of drug-likeness (QED) is 0.518. The molecule has 0 aliphatic carbocycles. The van der Waals surface area contributed by atoms with Gasteiger partial charge in [0.2, 0.25) is 5.78 Å². The molecule has 6 heteroatoms. The van der Waals surface area contributed by atoms with E-state index in [1.165, 1.54) is 12.3 Å². The lowest BCUT2D eigenvalue weighted by molar-refractivity contribution is 0.0853. The Hall–Kier alpha value is -3.05. The molecule has 0 aliphatic heterocycles. The van der Waals surface area contributed by atoms with Crippen LogP contribution in [0, 0.1) is 0 Å². The minimum atomic E-state index is -0.974. The Balaban J connectivity index is 1.85. The summed E-state index contributed by atoms with van der Waals surface area (Å²) in [4.78, 5) is 25.1. The highest BCUT2D eigenvalue weighted by Crippen LogP contribution is 2.17. The number of furan rings is 1. The number of carbonyl (C=O) groups is 2. The van der Waals surface area contributed by atoms with Crippen molar-refractivity contribution >= 4 is 29.0 Å². The average molecular weight is 355 g/mol. The highest BCUT2D eigenvalue weighted by atomic mass is 35.5. The van der Waals surface area contributed by atoms with Crippen LogP contribution in [0.3, 0.4) is 0 Å². The number of rotatable bonds is 6. The Kier molecular flexibility index (Phi) is 5.16. The molecular formula is C19H15ClN2O3. The van der Waals surface area contributed by atoms with Crippen LogP contribution in [0.2, 0.25) is 5.02 Å². The van der Waals surface area contributed by atoms with Gasteiger partial charge in [-0.2, -0.15) is 0 Å². The number of amides is 1. The molecule has 0 radical (unpaired) electrons. The summed E-state index contributed by atoms with van der Waals surface area (Å²) in [5.74, 6) is -0.645. The summed E-state index contributed by atoms with van der Waals surface area (Å²) in [6.45, 7) is 0. The van der Waals surface area contributed by atoms with Crippen molar-refractivity contribution < 1.29 is 14.0 Å². The first-order chi connectivity index (χ1) is 12.1. The second-order valence-electron chi connectivity index (χ2n) is 5.27. The summed E-state index contributed by atoms with van der Waals surface area (Å²) in [7, 11) is 0. The number of anilines is 1. The molecule has 0 spiro atoms. The summed E-state index contributed by atoms with van der Waals surface area (Å²) in [5, 5.41) is 6.17. The van der Waals surface area contributed by atoms with Crippen LogP contribution >= 0.6 is 11.6 Å². The van der Waals surface area contributed by atoms with Crippen molar-refractivity contribution in [2.75, 3.05) is 5.32 Å². The summed E-state index contributed by atoms with van der Waals surface area (Å²) in [5.41, 5.74) is 1.09. The van der Waals surface area contributed by atoms with Crippen molar-refractivity contribution in [3.63, 3.8) is 0 Å². The van der Waals surface area contributed by atoms with Gasteiger partial charge in [-0.25, -0.2) is 0 Å². The zero-order chi connectivity index (χ0) is 17.6. The SMILES string of the molecule is O=C(N[C@H](Nc1cccc(Cl)c1)C(=O)c1ccccc1)c1ccco1. The molecule has 5 nitrogen and oxygen atoms in total. The first-order valence-electron chi connectivity index (χ1n) is 7.59. The number of ketones is 1. The fourth-order valence-corrected chi connectivity index (χ4v) is 2.48. The molecule has 2 aromatic carbocycles. The third kappa shape index (κ3) is 4.28. The largest absolute Gasteiger partial charge is 0.459 e. The van der Waals surface area contributed by atoms with Crippen molar-refractivity contribution in [3.8, 4) is 0 Å². The maximum Gasteiger partial charge on any atom is 0.288 e. The zero-order valence-electron chi connectivity index (χ0n) is 13.1. The Morgan fingerprint density at radius 3 is 2.44 bits per heavy atom. The highest BCUT2D eigenvalue weighted by molar-refractivity contribution is 6.30. The van der Waals surface area contributed by atoms with E-state index in [0.717, 1.165) is 0 Å². The first-order valence-corrected chi connectivity index (χ1v) is 7.97. The Bertz CT molecular complexity index is 863. The van der Waals surface area contributed by atoms with Gasteiger partial charge in [0.05, 0.1) is 6.26 Å². The monoisotopic (exact) mass is 354 g/mol. The number of carbonyl (C=O) groups excluding carboxylic acids is 2. The van der Waals surface area contributed by atoms with Crippen LogP contribution in [-0.4, -0.2) is 17.9 Å². The average Bonchev–Trinajstić information content (AvgIpc) is 3.16. The smallest absolute Gasteiger partial charge is 0.288 e. The third-order valence-corrected chi connectivity index (χ3v) is 3.71. The normalized spacial score (nSPS) is 11.6. The summed E-state index contributed by atoms with van der Waals surface area (Å²) < 4.78 is 5.08. The molecule has 1 atom stereocenters. The van der Waals surface area contributed by atoms with E-state index in [4.69, 9.17) is 16.0 Å². The minimum absolute atomic E-state index is 0.124. The maximum atomic E-state index is 12.8. The van der Waals surface area contributed by atoms with Crippen LogP contribution in [0.4, 0.5) is 5.69 Å². The molecule has 1 amide bonds. The van der Waals surface area contributed by atoms with E-state index in [-0.39, 0.29) is 11.5 Å². The van der Waals surface area contributed by atoms with Gasteiger partial charge in [-0.3, -0.25) is 9.59 Å². The van der Waals surface area contributed by atoms with Gasteiger partial charge in [0.25, 0.3) is 5.91 Å².